The van der Waals surface area contributed by atoms with Crippen molar-refractivity contribution in [3.8, 4) is 0 Å². The van der Waals surface area contributed by atoms with Gasteiger partial charge in [-0.05, 0) is 184 Å². The SMILES string of the molecule is CC[C@]12CC3CC(C(=O)NC4CCNCC4C)(C1)C[C@@](c1ccc(C45CC6(C(=O)N[C@@H]7CN8CCC7CC8)C[C@](C)(C4)C[C@@](c4ccccc4)(C6)C5)cc1)(C3)C2. The van der Waals surface area contributed by atoms with Crippen molar-refractivity contribution in [3.05, 3.63) is 71.3 Å². The minimum Gasteiger partial charge on any atom is -0.353 e. The smallest absolute Gasteiger partial charge is 0.226 e. The molecule has 4 heterocycles. The second-order valence-electron chi connectivity index (χ2n) is 22.8. The van der Waals surface area contributed by atoms with Crippen molar-refractivity contribution in [1.82, 2.24) is 20.9 Å². The summed E-state index contributed by atoms with van der Waals surface area (Å²) in [6.07, 6.45) is 18.1. The van der Waals surface area contributed by atoms with Crippen LogP contribution < -0.4 is 16.0 Å². The summed E-state index contributed by atoms with van der Waals surface area (Å²) < 4.78 is 0. The summed E-state index contributed by atoms with van der Waals surface area (Å²) >= 11 is 0. The number of fused-ring (bicyclic) bond motifs is 3. The molecule has 4 saturated heterocycles. The second kappa shape index (κ2) is 12.4. The third-order valence-corrected chi connectivity index (χ3v) is 18.8. The van der Waals surface area contributed by atoms with E-state index in [-0.39, 0.29) is 43.9 Å². The van der Waals surface area contributed by atoms with E-state index in [1.807, 2.05) is 0 Å². The Labute approximate surface area is 336 Å². The van der Waals surface area contributed by atoms with Crippen molar-refractivity contribution < 1.29 is 9.59 Å². The zero-order valence-electron chi connectivity index (χ0n) is 34.7. The molecule has 12 fully saturated rings. The number of hydrogen-bond acceptors (Lipinski definition) is 4. The molecular formula is C50H68N4O2. The van der Waals surface area contributed by atoms with Crippen LogP contribution in [-0.4, -0.2) is 61.5 Å². The minimum atomic E-state index is -0.344. The Hall–Kier alpha value is -2.70. The topological polar surface area (TPSA) is 73.5 Å². The standard InChI is InChI=1S/C50H68N4O2/c1-4-45-20-35-21-46(28-45,30-47(22-35,29-45)42(55)52-40-14-17-51-23-34(40)2)38-10-12-39(13-11-38)49-26-44(3)25-48(31-49,37-8-6-5-7-9-37)32-50(27-44,33-49)43(56)53-41-24-54-18-15-36(41)16-19-54/h5-13,34-36,40-41,51H,4,14-33H2,1-3H3,(H,52,55)(H,53,56)/t34?,35?,40?,41-,44+,45-,46-,47?,48+,49?,50?/m1/s1. The van der Waals surface area contributed by atoms with E-state index in [1.54, 1.807) is 0 Å². The molecule has 2 amide bonds. The number of carbonyl (C=O) groups excluding carboxylic acids is 2. The number of piperidine rings is 4. The van der Waals surface area contributed by atoms with E-state index in [9.17, 15) is 4.79 Å². The van der Waals surface area contributed by atoms with Crippen LogP contribution in [-0.2, 0) is 25.8 Å². The van der Waals surface area contributed by atoms with Crippen LogP contribution in [0.3, 0.4) is 0 Å². The van der Waals surface area contributed by atoms with Gasteiger partial charge in [0, 0.05) is 18.6 Å². The lowest BCUT2D eigenvalue weighted by molar-refractivity contribution is -0.167. The van der Waals surface area contributed by atoms with Crippen LogP contribution in [0.1, 0.15) is 140 Å². The average molecular weight is 757 g/mol. The van der Waals surface area contributed by atoms with E-state index < -0.39 is 0 Å². The van der Waals surface area contributed by atoms with Gasteiger partial charge in [0.15, 0.2) is 0 Å². The molecule has 6 heteroatoms. The Morgan fingerprint density at radius 1 is 0.696 bits per heavy atom. The van der Waals surface area contributed by atoms with Gasteiger partial charge in [0.2, 0.25) is 11.8 Å². The van der Waals surface area contributed by atoms with Gasteiger partial charge in [-0.25, -0.2) is 0 Å². The van der Waals surface area contributed by atoms with Crippen LogP contribution in [0.4, 0.5) is 0 Å². The number of carbonyl (C=O) groups is 2. The zero-order chi connectivity index (χ0) is 38.2. The van der Waals surface area contributed by atoms with Crippen molar-refractivity contribution in [2.24, 2.45) is 39.4 Å². The van der Waals surface area contributed by atoms with Gasteiger partial charge in [0.05, 0.1) is 10.8 Å². The van der Waals surface area contributed by atoms with Gasteiger partial charge in [0.1, 0.15) is 0 Å². The van der Waals surface area contributed by atoms with Gasteiger partial charge in [0.25, 0.3) is 0 Å². The molecule has 0 radical (unpaired) electrons. The van der Waals surface area contributed by atoms with E-state index >= 15 is 4.79 Å². The maximum absolute atomic E-state index is 15.1. The van der Waals surface area contributed by atoms with Crippen LogP contribution in [0.5, 0.6) is 0 Å². The van der Waals surface area contributed by atoms with Crippen LogP contribution in [0.15, 0.2) is 54.6 Å². The molecule has 4 aliphatic heterocycles. The highest BCUT2D eigenvalue weighted by Gasteiger charge is 2.70. The highest BCUT2D eigenvalue weighted by molar-refractivity contribution is 5.85. The largest absolute Gasteiger partial charge is 0.353 e. The summed E-state index contributed by atoms with van der Waals surface area (Å²) in [6.45, 7) is 12.7. The number of hydrogen-bond donors (Lipinski definition) is 3. The molecule has 6 nitrogen and oxygen atoms in total. The minimum absolute atomic E-state index is 0.00884. The fourth-order valence-corrected chi connectivity index (χ4v) is 17.6. The molecule has 10 bridgehead atoms. The van der Waals surface area contributed by atoms with Crippen LogP contribution in [0, 0.1) is 39.4 Å². The summed E-state index contributed by atoms with van der Waals surface area (Å²) in [6, 6.07) is 22.1. The number of amides is 2. The Bertz CT molecular complexity index is 1890. The molecule has 6 unspecified atom stereocenters. The Balaban J connectivity index is 0.934. The zero-order valence-corrected chi connectivity index (χ0v) is 34.7. The molecule has 8 aliphatic carbocycles. The van der Waals surface area contributed by atoms with Crippen molar-refractivity contribution >= 4 is 11.8 Å². The molecule has 3 N–H and O–H groups in total. The van der Waals surface area contributed by atoms with Crippen molar-refractivity contribution in [3.63, 3.8) is 0 Å². The van der Waals surface area contributed by atoms with Crippen molar-refractivity contribution in [1.29, 1.82) is 0 Å². The molecule has 56 heavy (non-hydrogen) atoms. The first-order valence-corrected chi connectivity index (χ1v) is 23.1. The molecule has 12 aliphatic rings. The lowest BCUT2D eigenvalue weighted by atomic mass is 9.33. The lowest BCUT2D eigenvalue weighted by Crippen LogP contribution is -2.68. The summed E-state index contributed by atoms with van der Waals surface area (Å²) in [7, 11) is 0. The fourth-order valence-electron chi connectivity index (χ4n) is 17.6. The van der Waals surface area contributed by atoms with Crippen LogP contribution in [0.2, 0.25) is 0 Å². The Morgan fingerprint density at radius 2 is 1.34 bits per heavy atom. The third kappa shape index (κ3) is 5.45. The predicted molar refractivity (Wildman–Crippen MR) is 222 cm³/mol. The van der Waals surface area contributed by atoms with Crippen molar-refractivity contribution in [2.45, 2.75) is 152 Å². The first-order chi connectivity index (χ1) is 26.9. The first-order valence-electron chi connectivity index (χ1n) is 23.1. The van der Waals surface area contributed by atoms with Gasteiger partial charge in [-0.15, -0.1) is 0 Å². The Kier molecular flexibility index (Phi) is 8.07. The molecule has 14 rings (SSSR count). The first kappa shape index (κ1) is 36.4. The van der Waals surface area contributed by atoms with Gasteiger partial charge in [-0.1, -0.05) is 81.8 Å². The summed E-state index contributed by atoms with van der Waals surface area (Å²) in [5.41, 5.74) is 4.25. The van der Waals surface area contributed by atoms with E-state index in [4.69, 9.17) is 0 Å². The van der Waals surface area contributed by atoms with E-state index in [1.165, 1.54) is 81.1 Å². The van der Waals surface area contributed by atoms with E-state index in [0.717, 1.165) is 71.0 Å². The maximum Gasteiger partial charge on any atom is 0.226 e. The Morgan fingerprint density at radius 3 is 2.00 bits per heavy atom. The van der Waals surface area contributed by atoms with Gasteiger partial charge in [-0.2, -0.15) is 0 Å². The third-order valence-electron chi connectivity index (χ3n) is 18.8. The maximum atomic E-state index is 15.1. The van der Waals surface area contributed by atoms with Gasteiger partial charge < -0.3 is 20.9 Å². The highest BCUT2D eigenvalue weighted by atomic mass is 16.2. The molecule has 0 aromatic heterocycles. The molecule has 11 atom stereocenters. The summed E-state index contributed by atoms with van der Waals surface area (Å²) in [5, 5.41) is 11.0. The number of benzene rings is 2. The van der Waals surface area contributed by atoms with E-state index in [2.05, 4.69) is 96.2 Å². The lowest BCUT2D eigenvalue weighted by Gasteiger charge is -2.70. The van der Waals surface area contributed by atoms with Crippen LogP contribution in [0.25, 0.3) is 0 Å². The van der Waals surface area contributed by atoms with Crippen molar-refractivity contribution in [2.75, 3.05) is 32.7 Å². The number of nitrogens with one attached hydrogen (secondary N) is 3. The molecule has 300 valence electrons. The summed E-state index contributed by atoms with van der Waals surface area (Å²) in [5.74, 6) is 2.47. The van der Waals surface area contributed by atoms with Gasteiger partial charge >= 0.3 is 0 Å². The molecule has 2 aromatic carbocycles. The van der Waals surface area contributed by atoms with E-state index in [0.29, 0.717) is 35.6 Å². The number of rotatable bonds is 8. The average Bonchev–Trinajstić information content (AvgIpc) is 3.18. The van der Waals surface area contributed by atoms with Gasteiger partial charge in [-0.3, -0.25) is 9.59 Å². The monoisotopic (exact) mass is 757 g/mol. The number of nitrogens with zero attached hydrogens (tertiary/aromatic N) is 1. The molecule has 8 saturated carbocycles. The second-order valence-corrected chi connectivity index (χ2v) is 22.8. The fraction of sp³-hybridized carbons (Fsp3) is 0.720. The summed E-state index contributed by atoms with van der Waals surface area (Å²) in [4.78, 5) is 32.3. The molecule has 0 spiro atoms. The highest BCUT2D eigenvalue weighted by Crippen LogP contribution is 2.75. The molecule has 2 aromatic rings. The normalized spacial score (nSPS) is 48.2. The quantitative estimate of drug-likeness (QED) is 0.254. The predicted octanol–water partition coefficient (Wildman–Crippen LogP) is 8.18. The van der Waals surface area contributed by atoms with Crippen LogP contribution >= 0.6 is 0 Å². The molecular weight excluding hydrogens is 689 g/mol.